The second-order valence-corrected chi connectivity index (χ2v) is 6.73. The molecule has 2 heterocycles. The van der Waals surface area contributed by atoms with Gasteiger partial charge in [0.1, 0.15) is 17.3 Å². The average Bonchev–Trinajstić information content (AvgIpc) is 3.37. The topological polar surface area (TPSA) is 67.9 Å². The van der Waals surface area contributed by atoms with Crippen molar-refractivity contribution in [2.75, 3.05) is 12.1 Å². The molecular weight excluding hydrogens is 381 g/mol. The Labute approximate surface area is 163 Å². The zero-order chi connectivity index (χ0) is 19.5. The molecule has 2 aromatic heterocycles. The quantitative estimate of drug-likeness (QED) is 0.362. The molecule has 4 rings (SSSR count). The summed E-state index contributed by atoms with van der Waals surface area (Å²) in [5.74, 6) is 0.261. The van der Waals surface area contributed by atoms with Crippen LogP contribution in [0.2, 0.25) is 0 Å². The minimum Gasteiger partial charge on any atom is -0.497 e. The lowest BCUT2D eigenvalue weighted by Crippen LogP contribution is -2.25. The number of amides is 1. The normalized spacial score (nSPS) is 11.2. The van der Waals surface area contributed by atoms with Gasteiger partial charge < -0.3 is 9.15 Å². The maximum absolute atomic E-state index is 13.5. The predicted octanol–water partition coefficient (Wildman–Crippen LogP) is 4.72. The number of hydrazone groups is 1. The lowest BCUT2D eigenvalue weighted by Gasteiger charge is -2.14. The van der Waals surface area contributed by atoms with Gasteiger partial charge in [-0.15, -0.1) is 0 Å². The summed E-state index contributed by atoms with van der Waals surface area (Å²) in [7, 11) is 1.53. The number of carbonyl (C=O) groups is 1. The first kappa shape index (κ1) is 17.9. The van der Waals surface area contributed by atoms with Gasteiger partial charge >= 0.3 is 0 Å². The average molecular weight is 395 g/mol. The number of ether oxygens (including phenoxy) is 1. The Kier molecular flexibility index (Phi) is 4.86. The molecule has 28 heavy (non-hydrogen) atoms. The first-order valence-corrected chi connectivity index (χ1v) is 9.08. The van der Waals surface area contributed by atoms with Crippen molar-refractivity contribution < 1.29 is 18.3 Å². The number of hydrogen-bond donors (Lipinski definition) is 0. The minimum atomic E-state index is -0.402. The molecule has 0 atom stereocenters. The lowest BCUT2D eigenvalue weighted by atomic mass is 10.2. The molecule has 0 aliphatic carbocycles. The predicted molar refractivity (Wildman–Crippen MR) is 106 cm³/mol. The number of hydrogen-bond acceptors (Lipinski definition) is 6. The van der Waals surface area contributed by atoms with Gasteiger partial charge in [-0.2, -0.15) is 10.1 Å². The molecule has 0 saturated heterocycles. The van der Waals surface area contributed by atoms with Gasteiger partial charge in [0.15, 0.2) is 0 Å². The Morgan fingerprint density at radius 1 is 1.25 bits per heavy atom. The van der Waals surface area contributed by atoms with Gasteiger partial charge in [-0.25, -0.2) is 9.37 Å². The van der Waals surface area contributed by atoms with E-state index < -0.39 is 5.91 Å². The third-order valence-electron chi connectivity index (χ3n) is 3.87. The second-order valence-electron chi connectivity index (χ2n) is 5.72. The number of anilines is 1. The molecule has 1 amide bonds. The smallest absolute Gasteiger partial charge is 0.280 e. The molecule has 0 saturated carbocycles. The summed E-state index contributed by atoms with van der Waals surface area (Å²) < 4.78 is 24.6. The molecule has 6 nitrogen and oxygen atoms in total. The van der Waals surface area contributed by atoms with Crippen molar-refractivity contribution in [3.8, 4) is 5.75 Å². The molecule has 0 aliphatic heterocycles. The number of furan rings is 1. The van der Waals surface area contributed by atoms with Crippen LogP contribution in [0.15, 0.2) is 70.4 Å². The summed E-state index contributed by atoms with van der Waals surface area (Å²) >= 11 is 1.17. The number of aromatic nitrogens is 1. The number of methoxy groups -OCH3 is 1. The van der Waals surface area contributed by atoms with E-state index in [4.69, 9.17) is 9.15 Å². The molecule has 0 unspecified atom stereocenters. The van der Waals surface area contributed by atoms with Crippen molar-refractivity contribution in [3.05, 3.63) is 78.0 Å². The fraction of sp³-hybridized carbons (Fsp3) is 0.0500. The maximum atomic E-state index is 13.5. The first-order valence-electron chi connectivity index (χ1n) is 8.26. The summed E-state index contributed by atoms with van der Waals surface area (Å²) in [6.45, 7) is 0. The number of fused-ring (bicyclic) bond motifs is 1. The highest BCUT2D eigenvalue weighted by Gasteiger charge is 2.21. The van der Waals surface area contributed by atoms with Crippen molar-refractivity contribution in [1.82, 2.24) is 4.98 Å². The molecule has 4 aromatic rings. The molecule has 0 aliphatic rings. The van der Waals surface area contributed by atoms with E-state index >= 15 is 0 Å². The minimum absolute atomic E-state index is 0.316. The van der Waals surface area contributed by atoms with Crippen LogP contribution in [-0.4, -0.2) is 24.2 Å². The molecule has 0 spiro atoms. The largest absolute Gasteiger partial charge is 0.497 e. The van der Waals surface area contributed by atoms with E-state index in [9.17, 15) is 9.18 Å². The van der Waals surface area contributed by atoms with Crippen molar-refractivity contribution >= 4 is 38.8 Å². The van der Waals surface area contributed by atoms with Crippen molar-refractivity contribution in [2.45, 2.75) is 0 Å². The van der Waals surface area contributed by atoms with E-state index in [0.717, 1.165) is 0 Å². The van der Waals surface area contributed by atoms with Crippen molar-refractivity contribution in [2.24, 2.45) is 5.10 Å². The standard InChI is InChI=1S/C20H14FN3O3S/c1-26-15-5-2-4-13(10-15)19(25)24(22-12-16-6-3-9-27-16)20-23-17-8-7-14(21)11-18(17)28-20/h2-12H,1H3/b22-12-. The van der Waals surface area contributed by atoms with E-state index in [1.807, 2.05) is 0 Å². The van der Waals surface area contributed by atoms with Crippen LogP contribution in [0.4, 0.5) is 9.52 Å². The van der Waals surface area contributed by atoms with E-state index in [-0.39, 0.29) is 5.82 Å². The molecular formula is C20H14FN3O3S. The van der Waals surface area contributed by atoms with E-state index in [1.54, 1.807) is 42.5 Å². The van der Waals surface area contributed by atoms with Crippen LogP contribution in [0, 0.1) is 5.82 Å². The summed E-state index contributed by atoms with van der Waals surface area (Å²) in [4.78, 5) is 17.6. The van der Waals surface area contributed by atoms with Gasteiger partial charge in [0.2, 0.25) is 5.13 Å². The van der Waals surface area contributed by atoms with E-state index in [2.05, 4.69) is 10.1 Å². The highest BCUT2D eigenvalue weighted by atomic mass is 32.1. The van der Waals surface area contributed by atoms with Gasteiger partial charge in [-0.05, 0) is 48.5 Å². The van der Waals surface area contributed by atoms with E-state index in [1.165, 1.54) is 48.1 Å². The fourth-order valence-electron chi connectivity index (χ4n) is 2.52. The van der Waals surface area contributed by atoms with Crippen LogP contribution < -0.4 is 9.75 Å². The number of benzene rings is 2. The van der Waals surface area contributed by atoms with Crippen LogP contribution >= 0.6 is 11.3 Å². The Morgan fingerprint density at radius 3 is 2.93 bits per heavy atom. The molecule has 0 fully saturated rings. The molecule has 140 valence electrons. The zero-order valence-electron chi connectivity index (χ0n) is 14.7. The molecule has 0 N–H and O–H groups in total. The summed E-state index contributed by atoms with van der Waals surface area (Å²) in [6, 6.07) is 14.4. The summed E-state index contributed by atoms with van der Waals surface area (Å²) in [5, 5.41) is 5.75. The molecule has 8 heteroatoms. The summed E-state index contributed by atoms with van der Waals surface area (Å²) in [6.07, 6.45) is 2.93. The van der Waals surface area contributed by atoms with Crippen LogP contribution in [0.25, 0.3) is 10.2 Å². The van der Waals surface area contributed by atoms with Crippen LogP contribution in [0.3, 0.4) is 0 Å². The monoisotopic (exact) mass is 395 g/mol. The van der Waals surface area contributed by atoms with Crippen LogP contribution in [0.5, 0.6) is 5.75 Å². The first-order chi connectivity index (χ1) is 13.6. The molecule has 2 aromatic carbocycles. The third kappa shape index (κ3) is 3.63. The number of carbonyl (C=O) groups excluding carboxylic acids is 1. The number of halogens is 1. The highest BCUT2D eigenvalue weighted by Crippen LogP contribution is 2.31. The van der Waals surface area contributed by atoms with Gasteiger partial charge in [-0.1, -0.05) is 17.4 Å². The Hall–Kier alpha value is -3.52. The van der Waals surface area contributed by atoms with Gasteiger partial charge in [0, 0.05) is 5.56 Å². The Balaban J connectivity index is 1.76. The fourth-order valence-corrected chi connectivity index (χ4v) is 3.47. The second kappa shape index (κ2) is 7.61. The van der Waals surface area contributed by atoms with Crippen LogP contribution in [0.1, 0.15) is 16.1 Å². The number of nitrogens with zero attached hydrogens (tertiary/aromatic N) is 3. The Bertz CT molecular complexity index is 1150. The maximum Gasteiger partial charge on any atom is 0.280 e. The summed E-state index contributed by atoms with van der Waals surface area (Å²) in [5.41, 5.74) is 0.958. The number of rotatable bonds is 5. The van der Waals surface area contributed by atoms with E-state index in [0.29, 0.717) is 32.4 Å². The lowest BCUT2D eigenvalue weighted by molar-refractivity contribution is 0.0987. The Morgan fingerprint density at radius 2 is 2.14 bits per heavy atom. The van der Waals surface area contributed by atoms with Crippen molar-refractivity contribution in [1.29, 1.82) is 0 Å². The van der Waals surface area contributed by atoms with Crippen molar-refractivity contribution in [3.63, 3.8) is 0 Å². The molecule has 0 radical (unpaired) electrons. The SMILES string of the molecule is COc1cccc(C(=O)N(/N=C\c2ccco2)c2nc3ccc(F)cc3s2)c1. The molecule has 0 bridgehead atoms. The number of thiazole rings is 1. The van der Waals surface area contributed by atoms with Gasteiger partial charge in [-0.3, -0.25) is 4.79 Å². The third-order valence-corrected chi connectivity index (χ3v) is 4.87. The van der Waals surface area contributed by atoms with Crippen LogP contribution in [-0.2, 0) is 0 Å². The van der Waals surface area contributed by atoms with Gasteiger partial charge in [0.25, 0.3) is 5.91 Å². The highest BCUT2D eigenvalue weighted by molar-refractivity contribution is 7.22. The zero-order valence-corrected chi connectivity index (χ0v) is 15.5. The van der Waals surface area contributed by atoms with Gasteiger partial charge in [0.05, 0.1) is 29.8 Å².